The van der Waals surface area contributed by atoms with Crippen molar-refractivity contribution in [1.82, 2.24) is 9.97 Å². The number of rotatable bonds is 3. The minimum atomic E-state index is 0.168. The predicted octanol–water partition coefficient (Wildman–Crippen LogP) is 5.33. The van der Waals surface area contributed by atoms with Gasteiger partial charge in [-0.05, 0) is 30.4 Å². The van der Waals surface area contributed by atoms with E-state index in [1.165, 1.54) is 65.9 Å². The van der Waals surface area contributed by atoms with Crippen molar-refractivity contribution in [1.29, 1.82) is 0 Å². The molecule has 3 aromatic rings. The average Bonchev–Trinajstić information content (AvgIpc) is 2.85. The number of anilines is 1. The van der Waals surface area contributed by atoms with Crippen LogP contribution in [0.4, 0.5) is 5.82 Å². The van der Waals surface area contributed by atoms with E-state index in [-0.39, 0.29) is 5.41 Å². The van der Waals surface area contributed by atoms with Crippen LogP contribution in [0.15, 0.2) is 54.6 Å². The second-order valence-electron chi connectivity index (χ2n) is 9.62. The first kappa shape index (κ1) is 19.9. The molecule has 2 heterocycles. The molecule has 1 aliphatic heterocycles. The van der Waals surface area contributed by atoms with Crippen LogP contribution in [-0.2, 0) is 23.0 Å². The number of fused-ring (bicyclic) bond motifs is 4. The van der Waals surface area contributed by atoms with E-state index in [1.807, 2.05) is 0 Å². The van der Waals surface area contributed by atoms with Crippen LogP contribution in [0.3, 0.4) is 0 Å². The summed E-state index contributed by atoms with van der Waals surface area (Å²) in [7, 11) is 0. The number of ether oxygens (including phenoxy) is 1. The molecule has 2 fully saturated rings. The quantitative estimate of drug-likeness (QED) is 0.569. The van der Waals surface area contributed by atoms with Crippen LogP contribution in [0, 0.1) is 0 Å². The van der Waals surface area contributed by atoms with Crippen molar-refractivity contribution in [2.24, 2.45) is 0 Å². The monoisotopic (exact) mass is 425 g/mol. The lowest BCUT2D eigenvalue weighted by Gasteiger charge is -2.45. The molecule has 4 heteroatoms. The molecule has 2 aliphatic carbocycles. The fourth-order valence-electron chi connectivity index (χ4n) is 6.05. The predicted molar refractivity (Wildman–Crippen MR) is 128 cm³/mol. The Hall–Kier alpha value is -2.72. The first-order valence-electron chi connectivity index (χ1n) is 12.2. The van der Waals surface area contributed by atoms with Gasteiger partial charge in [0.25, 0.3) is 0 Å². The molecular formula is C28H31N3O. The molecule has 0 bridgehead atoms. The lowest BCUT2D eigenvalue weighted by Crippen LogP contribution is -2.42. The fraction of sp³-hybridized carbons (Fsp3) is 0.429. The largest absolute Gasteiger partial charge is 0.378 e. The molecule has 6 rings (SSSR count). The zero-order chi connectivity index (χ0) is 21.4. The Labute approximate surface area is 190 Å². The molecule has 4 nitrogen and oxygen atoms in total. The van der Waals surface area contributed by atoms with E-state index in [0.29, 0.717) is 0 Å². The minimum Gasteiger partial charge on any atom is -0.378 e. The van der Waals surface area contributed by atoms with Gasteiger partial charge < -0.3 is 9.64 Å². The van der Waals surface area contributed by atoms with Crippen LogP contribution in [0.2, 0.25) is 0 Å². The van der Waals surface area contributed by atoms with Crippen LogP contribution < -0.4 is 4.90 Å². The van der Waals surface area contributed by atoms with Crippen molar-refractivity contribution >= 4 is 5.82 Å². The summed E-state index contributed by atoms with van der Waals surface area (Å²) in [6.07, 6.45) is 8.32. The van der Waals surface area contributed by atoms with Crippen LogP contribution in [0.5, 0.6) is 0 Å². The molecule has 0 radical (unpaired) electrons. The highest BCUT2D eigenvalue weighted by molar-refractivity contribution is 5.77. The summed E-state index contributed by atoms with van der Waals surface area (Å²) < 4.78 is 5.70. The Balaban J connectivity index is 1.56. The maximum absolute atomic E-state index is 5.70. The van der Waals surface area contributed by atoms with Gasteiger partial charge in [0.2, 0.25) is 0 Å². The van der Waals surface area contributed by atoms with E-state index in [0.717, 1.165) is 45.0 Å². The topological polar surface area (TPSA) is 38.2 Å². The van der Waals surface area contributed by atoms with Gasteiger partial charge in [-0.25, -0.2) is 9.97 Å². The van der Waals surface area contributed by atoms with Gasteiger partial charge in [0, 0.05) is 36.1 Å². The average molecular weight is 426 g/mol. The van der Waals surface area contributed by atoms with Gasteiger partial charge in [-0.1, -0.05) is 73.9 Å². The Morgan fingerprint density at radius 2 is 1.59 bits per heavy atom. The first-order chi connectivity index (χ1) is 15.8. The van der Waals surface area contributed by atoms with Gasteiger partial charge in [-0.3, -0.25) is 0 Å². The van der Waals surface area contributed by atoms with Gasteiger partial charge in [-0.2, -0.15) is 0 Å². The summed E-state index contributed by atoms with van der Waals surface area (Å²) in [6.45, 7) is 3.37. The molecule has 0 unspecified atom stereocenters. The highest BCUT2D eigenvalue weighted by Gasteiger charge is 2.44. The summed E-state index contributed by atoms with van der Waals surface area (Å²) in [6, 6.07) is 19.6. The van der Waals surface area contributed by atoms with E-state index in [9.17, 15) is 0 Å². The normalized spacial score (nSPS) is 19.4. The molecule has 3 aliphatic rings. The van der Waals surface area contributed by atoms with Crippen molar-refractivity contribution in [3.05, 3.63) is 77.1 Å². The van der Waals surface area contributed by atoms with Crippen LogP contribution >= 0.6 is 0 Å². The SMILES string of the molecule is c1ccc(Cc2nc3c(c(N4CCOCC4)n2)C2(CCCCC2)Cc2ccccc2-3)cc1. The van der Waals surface area contributed by atoms with Crippen molar-refractivity contribution in [2.45, 2.75) is 50.4 Å². The van der Waals surface area contributed by atoms with Crippen molar-refractivity contribution in [3.8, 4) is 11.3 Å². The number of aromatic nitrogens is 2. The molecule has 1 saturated carbocycles. The number of hydrogen-bond acceptors (Lipinski definition) is 4. The minimum absolute atomic E-state index is 0.168. The summed E-state index contributed by atoms with van der Waals surface area (Å²) in [4.78, 5) is 13.0. The highest BCUT2D eigenvalue weighted by Crippen LogP contribution is 2.52. The Bertz CT molecular complexity index is 1100. The summed E-state index contributed by atoms with van der Waals surface area (Å²) in [5, 5.41) is 0. The van der Waals surface area contributed by atoms with Crippen LogP contribution in [0.1, 0.15) is 54.6 Å². The van der Waals surface area contributed by atoms with Gasteiger partial charge in [-0.15, -0.1) is 0 Å². The van der Waals surface area contributed by atoms with Crippen molar-refractivity contribution in [3.63, 3.8) is 0 Å². The molecule has 1 spiro atoms. The van der Waals surface area contributed by atoms with E-state index in [1.54, 1.807) is 0 Å². The van der Waals surface area contributed by atoms with Crippen LogP contribution in [-0.4, -0.2) is 36.3 Å². The lowest BCUT2D eigenvalue weighted by atomic mass is 9.62. The fourth-order valence-corrected chi connectivity index (χ4v) is 6.05. The summed E-state index contributed by atoms with van der Waals surface area (Å²) in [5.41, 5.74) is 6.81. The van der Waals surface area contributed by atoms with Gasteiger partial charge in [0.05, 0.1) is 18.9 Å². The molecule has 32 heavy (non-hydrogen) atoms. The van der Waals surface area contributed by atoms with Gasteiger partial charge in [0.15, 0.2) is 0 Å². The third-order valence-electron chi connectivity index (χ3n) is 7.59. The van der Waals surface area contributed by atoms with E-state index in [4.69, 9.17) is 14.7 Å². The number of hydrogen-bond donors (Lipinski definition) is 0. The third kappa shape index (κ3) is 3.51. The maximum Gasteiger partial charge on any atom is 0.136 e. The number of morpholine rings is 1. The molecule has 0 N–H and O–H groups in total. The lowest BCUT2D eigenvalue weighted by molar-refractivity contribution is 0.122. The summed E-state index contributed by atoms with van der Waals surface area (Å²) in [5.74, 6) is 2.11. The Morgan fingerprint density at radius 3 is 2.41 bits per heavy atom. The molecular weight excluding hydrogens is 394 g/mol. The zero-order valence-electron chi connectivity index (χ0n) is 18.7. The molecule has 1 aromatic heterocycles. The molecule has 0 atom stereocenters. The van der Waals surface area contributed by atoms with E-state index in [2.05, 4.69) is 59.5 Å². The van der Waals surface area contributed by atoms with E-state index < -0.39 is 0 Å². The third-order valence-corrected chi connectivity index (χ3v) is 7.59. The molecule has 2 aromatic carbocycles. The second-order valence-corrected chi connectivity index (χ2v) is 9.62. The zero-order valence-corrected chi connectivity index (χ0v) is 18.7. The van der Waals surface area contributed by atoms with Crippen molar-refractivity contribution < 1.29 is 4.74 Å². The Morgan fingerprint density at radius 1 is 0.844 bits per heavy atom. The molecule has 164 valence electrons. The van der Waals surface area contributed by atoms with Crippen LogP contribution in [0.25, 0.3) is 11.3 Å². The van der Waals surface area contributed by atoms with Crippen molar-refractivity contribution in [2.75, 3.05) is 31.2 Å². The molecule has 1 saturated heterocycles. The second kappa shape index (κ2) is 8.32. The summed E-state index contributed by atoms with van der Waals surface area (Å²) >= 11 is 0. The standard InChI is InChI=1S/C28H31N3O/c1-3-9-21(10-4-1)19-24-29-26-23-12-6-5-11-22(23)20-28(13-7-2-8-14-28)25(26)27(30-24)31-15-17-32-18-16-31/h1,3-6,9-12H,2,7-8,13-20H2. The van der Waals surface area contributed by atoms with Gasteiger partial charge >= 0.3 is 0 Å². The maximum atomic E-state index is 5.70. The number of nitrogens with zero attached hydrogens (tertiary/aromatic N) is 3. The molecule has 0 amide bonds. The van der Waals surface area contributed by atoms with E-state index >= 15 is 0 Å². The first-order valence-corrected chi connectivity index (χ1v) is 12.2. The smallest absolute Gasteiger partial charge is 0.136 e. The Kier molecular flexibility index (Phi) is 5.18. The van der Waals surface area contributed by atoms with Gasteiger partial charge in [0.1, 0.15) is 11.6 Å². The number of benzene rings is 2. The highest BCUT2D eigenvalue weighted by atomic mass is 16.5.